The van der Waals surface area contributed by atoms with E-state index in [2.05, 4.69) is 61.3 Å². The van der Waals surface area contributed by atoms with Gasteiger partial charge >= 0.3 is 0 Å². The van der Waals surface area contributed by atoms with Gasteiger partial charge in [-0.15, -0.1) is 0 Å². The zero-order chi connectivity index (χ0) is 13.7. The minimum atomic E-state index is 0.486. The van der Waals surface area contributed by atoms with Crippen molar-refractivity contribution in [3.8, 4) is 0 Å². The third-order valence-corrected chi connectivity index (χ3v) is 4.28. The average molecular weight is 260 g/mol. The van der Waals surface area contributed by atoms with E-state index in [9.17, 15) is 0 Å². The molecule has 0 bridgehead atoms. The Morgan fingerprint density at radius 3 is 2.32 bits per heavy atom. The molecule has 2 heteroatoms. The number of benzene rings is 1. The van der Waals surface area contributed by atoms with Crippen LogP contribution in [0.4, 0.5) is 0 Å². The summed E-state index contributed by atoms with van der Waals surface area (Å²) >= 11 is 0. The third kappa shape index (κ3) is 4.05. The molecule has 1 atom stereocenters. The highest BCUT2D eigenvalue weighted by atomic mass is 15.1. The molecule has 0 saturated carbocycles. The van der Waals surface area contributed by atoms with E-state index < -0.39 is 0 Å². The molecule has 1 saturated heterocycles. The van der Waals surface area contributed by atoms with E-state index in [0.29, 0.717) is 18.0 Å². The second kappa shape index (κ2) is 7.06. The first-order valence-corrected chi connectivity index (χ1v) is 7.74. The lowest BCUT2D eigenvalue weighted by molar-refractivity contribution is 0.191. The molecule has 1 heterocycles. The summed E-state index contributed by atoms with van der Waals surface area (Å²) in [5.74, 6) is 0.631. The third-order valence-electron chi connectivity index (χ3n) is 4.28. The number of nitrogens with one attached hydrogen (secondary N) is 1. The van der Waals surface area contributed by atoms with Gasteiger partial charge in [-0.05, 0) is 44.0 Å². The predicted octanol–water partition coefficient (Wildman–Crippen LogP) is 3.46. The molecule has 1 unspecified atom stereocenters. The van der Waals surface area contributed by atoms with E-state index in [-0.39, 0.29) is 0 Å². The van der Waals surface area contributed by atoms with Crippen molar-refractivity contribution in [2.24, 2.45) is 5.92 Å². The number of nitrogens with zero attached hydrogens (tertiary/aromatic N) is 1. The van der Waals surface area contributed by atoms with E-state index in [1.807, 2.05) is 0 Å². The summed E-state index contributed by atoms with van der Waals surface area (Å²) in [5, 5.41) is 3.89. The van der Waals surface area contributed by atoms with Crippen LogP contribution in [0.15, 0.2) is 30.3 Å². The van der Waals surface area contributed by atoms with Crippen molar-refractivity contribution >= 4 is 0 Å². The van der Waals surface area contributed by atoms with Crippen LogP contribution in [0.2, 0.25) is 0 Å². The Balaban J connectivity index is 1.95. The summed E-state index contributed by atoms with van der Waals surface area (Å²) in [6.45, 7) is 10.6. The van der Waals surface area contributed by atoms with Gasteiger partial charge in [-0.25, -0.2) is 0 Å². The topological polar surface area (TPSA) is 15.3 Å². The van der Waals surface area contributed by atoms with Crippen molar-refractivity contribution < 1.29 is 0 Å². The highest BCUT2D eigenvalue weighted by Gasteiger charge is 2.23. The summed E-state index contributed by atoms with van der Waals surface area (Å²) in [7, 11) is 0. The van der Waals surface area contributed by atoms with Crippen LogP contribution in [0.25, 0.3) is 0 Å². The molecule has 0 aromatic heterocycles. The molecule has 0 amide bonds. The van der Waals surface area contributed by atoms with Crippen LogP contribution >= 0.6 is 0 Å². The van der Waals surface area contributed by atoms with Gasteiger partial charge in [-0.1, -0.05) is 51.1 Å². The maximum absolute atomic E-state index is 3.89. The molecular formula is C17H28N2. The number of rotatable bonds is 5. The van der Waals surface area contributed by atoms with E-state index in [1.165, 1.54) is 38.0 Å². The monoisotopic (exact) mass is 260 g/mol. The lowest BCUT2D eigenvalue weighted by Gasteiger charge is -2.35. The molecule has 0 aliphatic carbocycles. The van der Waals surface area contributed by atoms with Crippen molar-refractivity contribution in [1.82, 2.24) is 10.2 Å². The number of hydrogen-bond acceptors (Lipinski definition) is 2. The molecule has 2 nitrogen and oxygen atoms in total. The number of piperidine rings is 1. The van der Waals surface area contributed by atoms with Crippen LogP contribution in [0.1, 0.15) is 45.2 Å². The molecule has 1 aromatic rings. The molecule has 0 spiro atoms. The van der Waals surface area contributed by atoms with Crippen LogP contribution in [0.3, 0.4) is 0 Å². The molecule has 1 aliphatic rings. The SMILES string of the molecule is CCN1CCC(NC(c2ccccc2)C(C)C)CC1. The van der Waals surface area contributed by atoms with Crippen molar-refractivity contribution in [1.29, 1.82) is 0 Å². The Hall–Kier alpha value is -0.860. The molecule has 1 aromatic carbocycles. The minimum absolute atomic E-state index is 0.486. The van der Waals surface area contributed by atoms with E-state index in [0.717, 1.165) is 0 Å². The van der Waals surface area contributed by atoms with Crippen LogP contribution in [0.5, 0.6) is 0 Å². The summed E-state index contributed by atoms with van der Waals surface area (Å²) < 4.78 is 0. The van der Waals surface area contributed by atoms with Crippen molar-refractivity contribution in [2.75, 3.05) is 19.6 Å². The Bertz CT molecular complexity index is 353. The highest BCUT2D eigenvalue weighted by Crippen LogP contribution is 2.24. The Morgan fingerprint density at radius 1 is 1.16 bits per heavy atom. The molecule has 2 rings (SSSR count). The summed E-state index contributed by atoms with van der Waals surface area (Å²) in [4.78, 5) is 2.55. The Labute approximate surface area is 118 Å². The second-order valence-electron chi connectivity index (χ2n) is 6.01. The van der Waals surface area contributed by atoms with E-state index in [1.54, 1.807) is 0 Å². The van der Waals surface area contributed by atoms with Crippen LogP contribution in [-0.4, -0.2) is 30.6 Å². The van der Waals surface area contributed by atoms with Gasteiger partial charge in [0.2, 0.25) is 0 Å². The van der Waals surface area contributed by atoms with Gasteiger partial charge in [0.05, 0.1) is 0 Å². The molecule has 19 heavy (non-hydrogen) atoms. The first-order chi connectivity index (χ1) is 9.20. The number of likely N-dealkylation sites (tertiary alicyclic amines) is 1. The summed E-state index contributed by atoms with van der Waals surface area (Å²) in [5.41, 5.74) is 1.43. The van der Waals surface area contributed by atoms with Crippen molar-refractivity contribution in [2.45, 2.75) is 45.7 Å². The standard InChI is InChI=1S/C17H28N2/c1-4-19-12-10-16(11-13-19)18-17(14(2)3)15-8-6-5-7-9-15/h5-9,14,16-18H,4,10-13H2,1-3H3. The summed E-state index contributed by atoms with van der Waals surface area (Å²) in [6, 6.07) is 12.0. The van der Waals surface area contributed by atoms with E-state index in [4.69, 9.17) is 0 Å². The molecule has 1 N–H and O–H groups in total. The Morgan fingerprint density at radius 2 is 1.79 bits per heavy atom. The number of hydrogen-bond donors (Lipinski definition) is 1. The summed E-state index contributed by atoms with van der Waals surface area (Å²) in [6.07, 6.45) is 2.56. The lowest BCUT2D eigenvalue weighted by Crippen LogP contribution is -2.44. The average Bonchev–Trinajstić information content (AvgIpc) is 2.46. The van der Waals surface area contributed by atoms with Gasteiger partial charge in [0, 0.05) is 12.1 Å². The van der Waals surface area contributed by atoms with Gasteiger partial charge in [-0.3, -0.25) is 0 Å². The van der Waals surface area contributed by atoms with Crippen molar-refractivity contribution in [3.05, 3.63) is 35.9 Å². The minimum Gasteiger partial charge on any atom is -0.307 e. The second-order valence-corrected chi connectivity index (χ2v) is 6.01. The van der Waals surface area contributed by atoms with Gasteiger partial charge in [0.25, 0.3) is 0 Å². The maximum atomic E-state index is 3.89. The lowest BCUT2D eigenvalue weighted by atomic mass is 9.93. The van der Waals surface area contributed by atoms with Crippen LogP contribution < -0.4 is 5.32 Å². The first-order valence-electron chi connectivity index (χ1n) is 7.74. The van der Waals surface area contributed by atoms with Crippen LogP contribution in [0, 0.1) is 5.92 Å². The van der Waals surface area contributed by atoms with Gasteiger partial charge in [0.15, 0.2) is 0 Å². The normalized spacial score (nSPS) is 19.8. The largest absolute Gasteiger partial charge is 0.307 e. The van der Waals surface area contributed by atoms with Crippen molar-refractivity contribution in [3.63, 3.8) is 0 Å². The molecule has 1 fully saturated rings. The smallest absolute Gasteiger partial charge is 0.0345 e. The fourth-order valence-corrected chi connectivity index (χ4v) is 3.00. The zero-order valence-electron chi connectivity index (χ0n) is 12.6. The zero-order valence-corrected chi connectivity index (χ0v) is 12.6. The Kier molecular flexibility index (Phi) is 5.41. The highest BCUT2D eigenvalue weighted by molar-refractivity contribution is 5.19. The first kappa shape index (κ1) is 14.5. The van der Waals surface area contributed by atoms with Crippen LogP contribution in [-0.2, 0) is 0 Å². The predicted molar refractivity (Wildman–Crippen MR) is 82.3 cm³/mol. The van der Waals surface area contributed by atoms with Gasteiger partial charge < -0.3 is 10.2 Å². The maximum Gasteiger partial charge on any atom is 0.0345 e. The molecule has 1 aliphatic heterocycles. The van der Waals surface area contributed by atoms with E-state index >= 15 is 0 Å². The fourth-order valence-electron chi connectivity index (χ4n) is 3.00. The molecule has 106 valence electrons. The molecular weight excluding hydrogens is 232 g/mol. The van der Waals surface area contributed by atoms with Gasteiger partial charge in [0.1, 0.15) is 0 Å². The van der Waals surface area contributed by atoms with Gasteiger partial charge in [-0.2, -0.15) is 0 Å². The molecule has 0 radical (unpaired) electrons. The quantitative estimate of drug-likeness (QED) is 0.872. The fraction of sp³-hybridized carbons (Fsp3) is 0.647.